The Morgan fingerprint density at radius 2 is 1.96 bits per heavy atom. The summed E-state index contributed by atoms with van der Waals surface area (Å²) >= 11 is 1.16. The maximum Gasteiger partial charge on any atom is 0.406 e. The Hall–Kier alpha value is -2.29. The van der Waals surface area contributed by atoms with Crippen LogP contribution in [0.3, 0.4) is 0 Å². The Morgan fingerprint density at radius 3 is 2.67 bits per heavy atom. The molecule has 0 bridgehead atoms. The van der Waals surface area contributed by atoms with E-state index < -0.39 is 12.7 Å². The van der Waals surface area contributed by atoms with E-state index in [1.165, 1.54) is 10.8 Å². The summed E-state index contributed by atoms with van der Waals surface area (Å²) in [6.07, 6.45) is -0.213. The van der Waals surface area contributed by atoms with E-state index in [1.54, 1.807) is 24.3 Å². The average molecular weight is 396 g/mol. The molecule has 0 fully saturated rings. The van der Waals surface area contributed by atoms with Crippen molar-refractivity contribution in [2.45, 2.75) is 49.8 Å². The summed E-state index contributed by atoms with van der Waals surface area (Å²) in [5.74, 6) is 1.30. The van der Waals surface area contributed by atoms with E-state index in [0.717, 1.165) is 24.6 Å². The van der Waals surface area contributed by atoms with Crippen molar-refractivity contribution in [1.29, 1.82) is 0 Å². The molecule has 0 atom stereocenters. The number of thioether (sulfide) groups is 1. The number of imidazole rings is 1. The largest absolute Gasteiger partial charge is 0.406 e. The summed E-state index contributed by atoms with van der Waals surface area (Å²) < 4.78 is 45.6. The fourth-order valence-corrected chi connectivity index (χ4v) is 3.37. The summed E-state index contributed by atoms with van der Waals surface area (Å²) in [5, 5.41) is 4.16. The highest BCUT2D eigenvalue weighted by Gasteiger charge is 2.31. The molecule has 2 aromatic heterocycles. The van der Waals surface area contributed by atoms with Crippen LogP contribution in [-0.2, 0) is 18.7 Å². The molecule has 0 spiro atoms. The van der Waals surface area contributed by atoms with Crippen LogP contribution in [0.4, 0.5) is 13.2 Å². The van der Waals surface area contributed by atoms with Gasteiger partial charge in [0, 0.05) is 6.42 Å². The van der Waals surface area contributed by atoms with Gasteiger partial charge in [-0.25, -0.2) is 4.98 Å². The highest BCUT2D eigenvalue weighted by molar-refractivity contribution is 7.98. The molecule has 27 heavy (non-hydrogen) atoms. The topological polar surface area (TPSA) is 56.7 Å². The third kappa shape index (κ3) is 5.35. The maximum absolute atomic E-state index is 13.1. The second-order valence-corrected chi connectivity index (χ2v) is 6.93. The molecular formula is C18H19F3N4OS. The van der Waals surface area contributed by atoms with Gasteiger partial charge in [0.1, 0.15) is 6.54 Å². The molecule has 144 valence electrons. The highest BCUT2D eigenvalue weighted by Crippen LogP contribution is 2.31. The quantitative estimate of drug-likeness (QED) is 0.494. The van der Waals surface area contributed by atoms with Gasteiger partial charge in [-0.1, -0.05) is 60.6 Å². The van der Waals surface area contributed by atoms with Crippen LogP contribution in [-0.4, -0.2) is 25.9 Å². The van der Waals surface area contributed by atoms with Crippen molar-refractivity contribution in [3.8, 4) is 11.3 Å². The second-order valence-electron chi connectivity index (χ2n) is 5.99. The van der Waals surface area contributed by atoms with E-state index in [4.69, 9.17) is 4.52 Å². The van der Waals surface area contributed by atoms with Crippen LogP contribution in [0, 0.1) is 0 Å². The molecule has 0 radical (unpaired) electrons. The SMILES string of the molecule is CCCCc1nc(CSc2ncc(-c3ccccc3)n2CC(F)(F)F)no1. The number of hydrogen-bond donors (Lipinski definition) is 0. The van der Waals surface area contributed by atoms with E-state index in [1.807, 2.05) is 6.07 Å². The molecule has 0 aliphatic rings. The first kappa shape index (κ1) is 19.5. The van der Waals surface area contributed by atoms with Gasteiger partial charge in [-0.2, -0.15) is 18.2 Å². The summed E-state index contributed by atoms with van der Waals surface area (Å²) in [6.45, 7) is 0.964. The molecule has 5 nitrogen and oxygen atoms in total. The van der Waals surface area contributed by atoms with Crippen LogP contribution in [0.1, 0.15) is 31.5 Å². The van der Waals surface area contributed by atoms with Gasteiger partial charge in [0.15, 0.2) is 11.0 Å². The number of aryl methyl sites for hydroxylation is 1. The molecule has 0 aliphatic carbocycles. The molecule has 3 rings (SSSR count). The number of halogens is 3. The first-order valence-electron chi connectivity index (χ1n) is 8.58. The summed E-state index contributed by atoms with van der Waals surface area (Å²) in [4.78, 5) is 8.46. The summed E-state index contributed by atoms with van der Waals surface area (Å²) in [7, 11) is 0. The van der Waals surface area contributed by atoms with Crippen LogP contribution < -0.4 is 0 Å². The number of hydrogen-bond acceptors (Lipinski definition) is 5. The van der Waals surface area contributed by atoms with E-state index >= 15 is 0 Å². The van der Waals surface area contributed by atoms with Gasteiger partial charge < -0.3 is 9.09 Å². The predicted molar refractivity (Wildman–Crippen MR) is 96.2 cm³/mol. The highest BCUT2D eigenvalue weighted by atomic mass is 32.2. The third-order valence-electron chi connectivity index (χ3n) is 3.81. The van der Waals surface area contributed by atoms with E-state index in [2.05, 4.69) is 22.0 Å². The van der Waals surface area contributed by atoms with Crippen LogP contribution >= 0.6 is 11.8 Å². The molecule has 1 aromatic carbocycles. The first-order chi connectivity index (χ1) is 13.0. The summed E-state index contributed by atoms with van der Waals surface area (Å²) in [5.41, 5.74) is 1.11. The van der Waals surface area contributed by atoms with Gasteiger partial charge in [0.2, 0.25) is 5.89 Å². The number of nitrogens with zero attached hydrogens (tertiary/aromatic N) is 4. The molecule has 0 saturated carbocycles. The normalized spacial score (nSPS) is 11.9. The number of unbranched alkanes of at least 4 members (excludes halogenated alkanes) is 1. The standard InChI is InChI=1S/C18H19F3N4OS/c1-2-3-9-16-23-15(24-26-16)11-27-17-22-10-14(13-7-5-4-6-8-13)25(17)12-18(19,20)21/h4-8,10H,2-3,9,11-12H2,1H3. The van der Waals surface area contributed by atoms with Crippen molar-refractivity contribution in [1.82, 2.24) is 19.7 Å². The van der Waals surface area contributed by atoms with Crippen LogP contribution in [0.15, 0.2) is 46.2 Å². The van der Waals surface area contributed by atoms with Crippen molar-refractivity contribution >= 4 is 11.8 Å². The van der Waals surface area contributed by atoms with E-state index in [9.17, 15) is 13.2 Å². The fraction of sp³-hybridized carbons (Fsp3) is 0.389. The van der Waals surface area contributed by atoms with Crippen molar-refractivity contribution < 1.29 is 17.7 Å². The molecule has 0 unspecified atom stereocenters. The molecular weight excluding hydrogens is 377 g/mol. The minimum Gasteiger partial charge on any atom is -0.339 e. The molecule has 0 aliphatic heterocycles. The Morgan fingerprint density at radius 1 is 1.19 bits per heavy atom. The van der Waals surface area contributed by atoms with Gasteiger partial charge in [-0.15, -0.1) is 0 Å². The molecule has 9 heteroatoms. The smallest absolute Gasteiger partial charge is 0.339 e. The van der Waals surface area contributed by atoms with Crippen molar-refractivity contribution in [3.63, 3.8) is 0 Å². The molecule has 3 aromatic rings. The number of aromatic nitrogens is 4. The minimum atomic E-state index is -4.35. The number of benzene rings is 1. The average Bonchev–Trinajstić information content (AvgIpc) is 3.24. The molecule has 0 amide bonds. The number of rotatable bonds is 8. The Kier molecular flexibility index (Phi) is 6.20. The molecule has 0 saturated heterocycles. The lowest BCUT2D eigenvalue weighted by atomic mass is 10.2. The lowest BCUT2D eigenvalue weighted by Gasteiger charge is -2.13. The van der Waals surface area contributed by atoms with Gasteiger partial charge in [-0.3, -0.25) is 0 Å². The van der Waals surface area contributed by atoms with Crippen molar-refractivity contribution in [2.75, 3.05) is 0 Å². The Labute approximate surface area is 159 Å². The number of alkyl halides is 3. The predicted octanol–water partition coefficient (Wildman–Crippen LogP) is 5.13. The monoisotopic (exact) mass is 396 g/mol. The molecule has 0 N–H and O–H groups in total. The fourth-order valence-electron chi connectivity index (χ4n) is 2.55. The summed E-state index contributed by atoms with van der Waals surface area (Å²) in [6, 6.07) is 8.90. The van der Waals surface area contributed by atoms with Crippen LogP contribution in [0.2, 0.25) is 0 Å². The van der Waals surface area contributed by atoms with Gasteiger partial charge in [0.05, 0.1) is 17.6 Å². The molecule has 2 heterocycles. The van der Waals surface area contributed by atoms with Crippen LogP contribution in [0.25, 0.3) is 11.3 Å². The minimum absolute atomic E-state index is 0.270. The lowest BCUT2D eigenvalue weighted by molar-refractivity contribution is -0.141. The van der Waals surface area contributed by atoms with E-state index in [-0.39, 0.29) is 5.16 Å². The zero-order valence-corrected chi connectivity index (χ0v) is 15.6. The van der Waals surface area contributed by atoms with Gasteiger partial charge in [-0.05, 0) is 12.0 Å². The zero-order valence-electron chi connectivity index (χ0n) is 14.7. The third-order valence-corrected chi connectivity index (χ3v) is 4.80. The van der Waals surface area contributed by atoms with Crippen LogP contribution in [0.5, 0.6) is 0 Å². The Bertz CT molecular complexity index is 861. The van der Waals surface area contributed by atoms with Crippen molar-refractivity contribution in [2.24, 2.45) is 0 Å². The van der Waals surface area contributed by atoms with Gasteiger partial charge in [0.25, 0.3) is 0 Å². The van der Waals surface area contributed by atoms with Crippen molar-refractivity contribution in [3.05, 3.63) is 48.2 Å². The first-order valence-corrected chi connectivity index (χ1v) is 9.57. The van der Waals surface area contributed by atoms with Gasteiger partial charge >= 0.3 is 6.18 Å². The lowest BCUT2D eigenvalue weighted by Crippen LogP contribution is -2.19. The zero-order chi connectivity index (χ0) is 19.3. The Balaban J connectivity index is 1.78. The van der Waals surface area contributed by atoms with E-state index in [0.29, 0.717) is 35.1 Å². The maximum atomic E-state index is 13.1. The second kappa shape index (κ2) is 8.60.